The zero-order chi connectivity index (χ0) is 13.7. The lowest BCUT2D eigenvalue weighted by Crippen LogP contribution is -2.39. The average molecular weight is 263 g/mol. The summed E-state index contributed by atoms with van der Waals surface area (Å²) in [5, 5.41) is 2.65. The third-order valence-corrected chi connectivity index (χ3v) is 3.23. The van der Waals surface area contributed by atoms with Gasteiger partial charge in [0.25, 0.3) is 0 Å². The molecule has 5 heteroatoms. The van der Waals surface area contributed by atoms with Crippen molar-refractivity contribution >= 4 is 11.9 Å². The topological polar surface area (TPSA) is 64.6 Å². The van der Waals surface area contributed by atoms with Gasteiger partial charge in [0, 0.05) is 13.0 Å². The number of amides is 1. The van der Waals surface area contributed by atoms with Crippen molar-refractivity contribution in [3.63, 3.8) is 0 Å². The van der Waals surface area contributed by atoms with E-state index in [0.717, 1.165) is 5.56 Å². The highest BCUT2D eigenvalue weighted by Crippen LogP contribution is 2.28. The Hall–Kier alpha value is -1.88. The monoisotopic (exact) mass is 263 g/mol. The van der Waals surface area contributed by atoms with Crippen molar-refractivity contribution in [1.82, 2.24) is 5.32 Å². The number of methoxy groups -OCH3 is 1. The van der Waals surface area contributed by atoms with Crippen molar-refractivity contribution < 1.29 is 19.1 Å². The normalized spacial score (nSPS) is 22.1. The highest BCUT2D eigenvalue weighted by atomic mass is 16.5. The second-order valence-corrected chi connectivity index (χ2v) is 4.70. The van der Waals surface area contributed by atoms with E-state index in [0.29, 0.717) is 6.61 Å². The molecule has 0 radical (unpaired) electrons. The molecule has 1 N–H and O–H groups in total. The number of ether oxygens (including phenoxy) is 2. The number of benzene rings is 1. The molecule has 1 aromatic rings. The van der Waals surface area contributed by atoms with E-state index in [-0.39, 0.29) is 25.5 Å². The van der Waals surface area contributed by atoms with Crippen molar-refractivity contribution in [3.05, 3.63) is 35.9 Å². The molecule has 1 fully saturated rings. The Kier molecular flexibility index (Phi) is 4.16. The molecular weight excluding hydrogens is 246 g/mol. The lowest BCUT2D eigenvalue weighted by atomic mass is 9.88. The number of nitrogens with one attached hydrogen (secondary N) is 1. The van der Waals surface area contributed by atoms with Crippen LogP contribution in [0.25, 0.3) is 0 Å². The molecule has 1 aromatic carbocycles. The number of esters is 1. The molecule has 1 aliphatic heterocycles. The lowest BCUT2D eigenvalue weighted by Gasteiger charge is -2.23. The standard InChI is InChI=1S/C14H17NO4/c1-18-13(17)14(7-12(16)15-9-14)10-19-8-11-5-3-2-4-6-11/h2-6H,7-10H2,1H3,(H,15,16)/t14-/m1/s1. The largest absolute Gasteiger partial charge is 0.468 e. The fourth-order valence-corrected chi connectivity index (χ4v) is 2.16. The number of carbonyl (C=O) groups excluding carboxylic acids is 2. The van der Waals surface area contributed by atoms with Gasteiger partial charge in [-0.25, -0.2) is 0 Å². The maximum absolute atomic E-state index is 11.8. The molecule has 1 heterocycles. The Bertz CT molecular complexity index is 460. The molecule has 1 amide bonds. The zero-order valence-corrected chi connectivity index (χ0v) is 10.8. The van der Waals surface area contributed by atoms with E-state index in [4.69, 9.17) is 9.47 Å². The molecule has 1 saturated heterocycles. The fraction of sp³-hybridized carbons (Fsp3) is 0.429. The Balaban J connectivity index is 1.94. The van der Waals surface area contributed by atoms with Gasteiger partial charge in [-0.1, -0.05) is 30.3 Å². The molecule has 0 bridgehead atoms. The summed E-state index contributed by atoms with van der Waals surface area (Å²) in [6.07, 6.45) is 0.120. The lowest BCUT2D eigenvalue weighted by molar-refractivity contribution is -0.156. The van der Waals surface area contributed by atoms with Crippen LogP contribution in [-0.4, -0.2) is 32.1 Å². The van der Waals surface area contributed by atoms with Gasteiger partial charge in [-0.15, -0.1) is 0 Å². The zero-order valence-electron chi connectivity index (χ0n) is 10.8. The molecule has 102 valence electrons. The van der Waals surface area contributed by atoms with Crippen molar-refractivity contribution in [2.45, 2.75) is 13.0 Å². The Morgan fingerprint density at radius 3 is 2.68 bits per heavy atom. The van der Waals surface area contributed by atoms with Gasteiger partial charge in [0.15, 0.2) is 0 Å². The maximum Gasteiger partial charge on any atom is 0.316 e. The highest BCUT2D eigenvalue weighted by Gasteiger charge is 2.46. The molecule has 0 spiro atoms. The van der Waals surface area contributed by atoms with Gasteiger partial charge in [0.05, 0.1) is 20.3 Å². The van der Waals surface area contributed by atoms with E-state index in [1.165, 1.54) is 7.11 Å². The first-order chi connectivity index (χ1) is 9.16. The van der Waals surface area contributed by atoms with Gasteiger partial charge >= 0.3 is 5.97 Å². The third kappa shape index (κ3) is 3.12. The first kappa shape index (κ1) is 13.5. The fourth-order valence-electron chi connectivity index (χ4n) is 2.16. The predicted octanol–water partition coefficient (Wildman–Crippen LogP) is 0.882. The van der Waals surface area contributed by atoms with Crippen LogP contribution in [0.3, 0.4) is 0 Å². The molecule has 19 heavy (non-hydrogen) atoms. The van der Waals surface area contributed by atoms with Gasteiger partial charge in [-0.05, 0) is 5.56 Å². The van der Waals surface area contributed by atoms with Crippen molar-refractivity contribution in [2.75, 3.05) is 20.3 Å². The predicted molar refractivity (Wildman–Crippen MR) is 68.2 cm³/mol. The summed E-state index contributed by atoms with van der Waals surface area (Å²) < 4.78 is 10.4. The number of rotatable bonds is 5. The van der Waals surface area contributed by atoms with Gasteiger partial charge in [-0.2, -0.15) is 0 Å². The van der Waals surface area contributed by atoms with Crippen molar-refractivity contribution in [2.24, 2.45) is 5.41 Å². The summed E-state index contributed by atoms with van der Waals surface area (Å²) in [6, 6.07) is 9.68. The average Bonchev–Trinajstić information content (AvgIpc) is 2.82. The van der Waals surface area contributed by atoms with Crippen molar-refractivity contribution in [1.29, 1.82) is 0 Å². The van der Waals surface area contributed by atoms with E-state index in [2.05, 4.69) is 5.32 Å². The van der Waals surface area contributed by atoms with Crippen LogP contribution in [0, 0.1) is 5.41 Å². The van der Waals surface area contributed by atoms with Gasteiger partial charge in [-0.3, -0.25) is 9.59 Å². The number of carbonyl (C=O) groups is 2. The first-order valence-electron chi connectivity index (χ1n) is 6.13. The summed E-state index contributed by atoms with van der Waals surface area (Å²) in [6.45, 7) is 0.856. The quantitative estimate of drug-likeness (QED) is 0.801. The number of hydrogen-bond donors (Lipinski definition) is 1. The summed E-state index contributed by atoms with van der Waals surface area (Å²) in [5.41, 5.74) is 0.139. The molecule has 0 aromatic heterocycles. The summed E-state index contributed by atoms with van der Waals surface area (Å²) >= 11 is 0. The third-order valence-electron chi connectivity index (χ3n) is 3.23. The molecule has 0 aliphatic carbocycles. The summed E-state index contributed by atoms with van der Waals surface area (Å²) in [4.78, 5) is 23.2. The summed E-state index contributed by atoms with van der Waals surface area (Å²) in [5.74, 6) is -0.548. The molecule has 1 atom stereocenters. The Morgan fingerprint density at radius 2 is 2.11 bits per heavy atom. The molecule has 5 nitrogen and oxygen atoms in total. The highest BCUT2D eigenvalue weighted by molar-refractivity contribution is 5.89. The molecule has 0 unspecified atom stereocenters. The van der Waals surface area contributed by atoms with Crippen LogP contribution in [-0.2, 0) is 25.7 Å². The van der Waals surface area contributed by atoms with E-state index in [9.17, 15) is 9.59 Å². The SMILES string of the molecule is COC(=O)[C@@]1(COCc2ccccc2)CNC(=O)C1. The Morgan fingerprint density at radius 1 is 1.37 bits per heavy atom. The van der Waals surface area contributed by atoms with Gasteiger partial charge < -0.3 is 14.8 Å². The minimum Gasteiger partial charge on any atom is -0.468 e. The van der Waals surface area contributed by atoms with Crippen LogP contribution in [0.2, 0.25) is 0 Å². The van der Waals surface area contributed by atoms with Crippen LogP contribution in [0.4, 0.5) is 0 Å². The second kappa shape index (κ2) is 5.84. The first-order valence-corrected chi connectivity index (χ1v) is 6.13. The van der Waals surface area contributed by atoms with E-state index < -0.39 is 11.4 Å². The van der Waals surface area contributed by atoms with Gasteiger partial charge in [0.1, 0.15) is 5.41 Å². The smallest absolute Gasteiger partial charge is 0.316 e. The Labute approximate surface area is 111 Å². The summed E-state index contributed by atoms with van der Waals surface area (Å²) in [7, 11) is 1.32. The van der Waals surface area contributed by atoms with Crippen LogP contribution >= 0.6 is 0 Å². The van der Waals surface area contributed by atoms with Crippen LogP contribution in [0.1, 0.15) is 12.0 Å². The van der Waals surface area contributed by atoms with Crippen LogP contribution in [0.15, 0.2) is 30.3 Å². The molecule has 0 saturated carbocycles. The van der Waals surface area contributed by atoms with E-state index in [1.54, 1.807) is 0 Å². The van der Waals surface area contributed by atoms with E-state index in [1.807, 2.05) is 30.3 Å². The number of hydrogen-bond acceptors (Lipinski definition) is 4. The second-order valence-electron chi connectivity index (χ2n) is 4.70. The molecular formula is C14H17NO4. The minimum atomic E-state index is -0.888. The van der Waals surface area contributed by atoms with E-state index >= 15 is 0 Å². The molecule has 1 aliphatic rings. The van der Waals surface area contributed by atoms with Crippen LogP contribution < -0.4 is 5.32 Å². The van der Waals surface area contributed by atoms with Gasteiger partial charge in [0.2, 0.25) is 5.91 Å². The molecule has 2 rings (SSSR count). The maximum atomic E-state index is 11.8. The van der Waals surface area contributed by atoms with Crippen LogP contribution in [0.5, 0.6) is 0 Å². The minimum absolute atomic E-state index is 0.120. The van der Waals surface area contributed by atoms with Crippen molar-refractivity contribution in [3.8, 4) is 0 Å².